The summed E-state index contributed by atoms with van der Waals surface area (Å²) in [6.07, 6.45) is 1.28. The van der Waals surface area contributed by atoms with Crippen LogP contribution in [-0.2, 0) is 9.53 Å². The minimum Gasteiger partial charge on any atom is -0.467 e. The van der Waals surface area contributed by atoms with Gasteiger partial charge in [0, 0.05) is 12.3 Å². The quantitative estimate of drug-likeness (QED) is 0.688. The largest absolute Gasteiger partial charge is 0.467 e. The second-order valence-electron chi connectivity index (χ2n) is 3.16. The fourth-order valence-electron chi connectivity index (χ4n) is 1.07. The molecule has 1 rings (SSSR count). The van der Waals surface area contributed by atoms with Gasteiger partial charge in [-0.1, -0.05) is 0 Å². The number of methoxy groups -OCH3 is 1. The van der Waals surface area contributed by atoms with Crippen molar-refractivity contribution in [2.24, 2.45) is 0 Å². The molecule has 0 fully saturated rings. The number of amides is 1. The maximum atomic E-state index is 11.5. The van der Waals surface area contributed by atoms with Gasteiger partial charge >= 0.3 is 5.97 Å². The van der Waals surface area contributed by atoms with Gasteiger partial charge in [0.1, 0.15) is 6.04 Å². The van der Waals surface area contributed by atoms with Gasteiger partial charge in [-0.15, -0.1) is 0 Å². The number of carbonyl (C=O) groups is 2. The fraction of sp³-hybridized carbons (Fsp3) is 0.300. The highest BCUT2D eigenvalue weighted by Gasteiger charge is 2.16. The smallest absolute Gasteiger partial charge is 0.328 e. The van der Waals surface area contributed by atoms with Crippen molar-refractivity contribution in [3.63, 3.8) is 0 Å². The first-order valence-corrected chi connectivity index (χ1v) is 4.62. The standard InChI is InChI=1S/C10H12N2O4/c1-6(10(15)16-2)12-9(14)7-3-4-8(13)11-5-7/h3-6H,1-2H3,(H,11,13)(H,12,14). The molecule has 1 atom stereocenters. The van der Waals surface area contributed by atoms with Crippen LogP contribution in [0.2, 0.25) is 0 Å². The Labute approximate surface area is 91.6 Å². The van der Waals surface area contributed by atoms with Gasteiger partial charge < -0.3 is 15.0 Å². The molecule has 1 aromatic heterocycles. The molecular formula is C10H12N2O4. The summed E-state index contributed by atoms with van der Waals surface area (Å²) in [6.45, 7) is 1.51. The molecule has 86 valence electrons. The zero-order valence-corrected chi connectivity index (χ0v) is 8.94. The Morgan fingerprint density at radius 2 is 2.12 bits per heavy atom. The highest BCUT2D eigenvalue weighted by Crippen LogP contribution is 1.95. The van der Waals surface area contributed by atoms with Gasteiger partial charge in [-0.3, -0.25) is 9.59 Å². The molecule has 6 nitrogen and oxygen atoms in total. The molecular weight excluding hydrogens is 212 g/mol. The lowest BCUT2D eigenvalue weighted by molar-refractivity contribution is -0.142. The third-order valence-electron chi connectivity index (χ3n) is 1.95. The molecule has 0 saturated heterocycles. The van der Waals surface area contributed by atoms with Crippen molar-refractivity contribution < 1.29 is 14.3 Å². The summed E-state index contributed by atoms with van der Waals surface area (Å²) in [4.78, 5) is 35.7. The van der Waals surface area contributed by atoms with Gasteiger partial charge in [0.05, 0.1) is 12.7 Å². The number of aromatic amines is 1. The zero-order chi connectivity index (χ0) is 12.1. The van der Waals surface area contributed by atoms with E-state index in [2.05, 4.69) is 15.0 Å². The summed E-state index contributed by atoms with van der Waals surface area (Å²) < 4.78 is 4.46. The molecule has 0 radical (unpaired) electrons. The number of hydrogen-bond acceptors (Lipinski definition) is 4. The average Bonchev–Trinajstić information content (AvgIpc) is 2.28. The number of aromatic nitrogens is 1. The Balaban J connectivity index is 2.69. The van der Waals surface area contributed by atoms with E-state index in [4.69, 9.17) is 0 Å². The van der Waals surface area contributed by atoms with Gasteiger partial charge in [0.15, 0.2) is 0 Å². The fourth-order valence-corrected chi connectivity index (χ4v) is 1.07. The molecule has 0 aliphatic heterocycles. The normalized spacial score (nSPS) is 11.6. The number of H-pyrrole nitrogens is 1. The van der Waals surface area contributed by atoms with Crippen LogP contribution in [0.25, 0.3) is 0 Å². The van der Waals surface area contributed by atoms with Gasteiger partial charge in [0.25, 0.3) is 5.91 Å². The number of esters is 1. The summed E-state index contributed by atoms with van der Waals surface area (Å²) in [5.74, 6) is -0.980. The van der Waals surface area contributed by atoms with Gasteiger partial charge in [-0.2, -0.15) is 0 Å². The van der Waals surface area contributed by atoms with Crippen molar-refractivity contribution in [1.29, 1.82) is 0 Å². The van der Waals surface area contributed by atoms with E-state index in [9.17, 15) is 14.4 Å². The van der Waals surface area contributed by atoms with Crippen molar-refractivity contribution in [3.8, 4) is 0 Å². The maximum absolute atomic E-state index is 11.5. The first kappa shape index (κ1) is 12.0. The summed E-state index contributed by atoms with van der Waals surface area (Å²) in [7, 11) is 1.24. The molecule has 1 aromatic rings. The van der Waals surface area contributed by atoms with Crippen molar-refractivity contribution in [3.05, 3.63) is 34.2 Å². The molecule has 0 spiro atoms. The Morgan fingerprint density at radius 1 is 1.44 bits per heavy atom. The van der Waals surface area contributed by atoms with Gasteiger partial charge in [0.2, 0.25) is 5.56 Å². The predicted octanol–water partition coefficient (Wildman–Crippen LogP) is -0.334. The van der Waals surface area contributed by atoms with Gasteiger partial charge in [-0.25, -0.2) is 4.79 Å². The SMILES string of the molecule is COC(=O)C(C)NC(=O)c1ccc(=O)[nH]c1. The number of ether oxygens (including phenoxy) is 1. The Hall–Kier alpha value is -2.11. The van der Waals surface area contributed by atoms with Crippen LogP contribution in [0.15, 0.2) is 23.1 Å². The van der Waals surface area contributed by atoms with Crippen molar-refractivity contribution in [2.45, 2.75) is 13.0 Å². The van der Waals surface area contributed by atoms with E-state index >= 15 is 0 Å². The number of nitrogens with one attached hydrogen (secondary N) is 2. The Bertz CT molecular complexity index is 432. The van der Waals surface area contributed by atoms with Crippen molar-refractivity contribution >= 4 is 11.9 Å². The number of hydrogen-bond donors (Lipinski definition) is 2. The summed E-state index contributed by atoms with van der Waals surface area (Å²) >= 11 is 0. The predicted molar refractivity (Wildman–Crippen MR) is 56.0 cm³/mol. The molecule has 16 heavy (non-hydrogen) atoms. The van der Waals surface area contributed by atoms with Crippen LogP contribution >= 0.6 is 0 Å². The molecule has 0 aliphatic carbocycles. The molecule has 1 unspecified atom stereocenters. The second kappa shape index (κ2) is 5.11. The summed E-state index contributed by atoms with van der Waals surface area (Å²) in [6, 6.07) is 1.88. The third kappa shape index (κ3) is 2.94. The maximum Gasteiger partial charge on any atom is 0.328 e. The van der Waals surface area contributed by atoms with Gasteiger partial charge in [-0.05, 0) is 13.0 Å². The topological polar surface area (TPSA) is 88.3 Å². The first-order chi connectivity index (χ1) is 7.54. The molecule has 0 bridgehead atoms. The molecule has 0 saturated carbocycles. The second-order valence-corrected chi connectivity index (χ2v) is 3.16. The number of pyridine rings is 1. The van der Waals surface area contributed by atoms with Crippen LogP contribution < -0.4 is 10.9 Å². The van der Waals surface area contributed by atoms with E-state index in [0.29, 0.717) is 0 Å². The average molecular weight is 224 g/mol. The zero-order valence-electron chi connectivity index (χ0n) is 8.94. The Morgan fingerprint density at radius 3 is 2.62 bits per heavy atom. The third-order valence-corrected chi connectivity index (χ3v) is 1.95. The van der Waals surface area contributed by atoms with Crippen LogP contribution in [-0.4, -0.2) is 30.0 Å². The summed E-state index contributed by atoms with van der Waals surface area (Å²) in [5, 5.41) is 2.43. The van der Waals surface area contributed by atoms with Crippen molar-refractivity contribution in [1.82, 2.24) is 10.3 Å². The highest BCUT2D eigenvalue weighted by molar-refractivity contribution is 5.96. The molecule has 6 heteroatoms. The lowest BCUT2D eigenvalue weighted by atomic mass is 10.2. The molecule has 1 amide bonds. The molecule has 0 aliphatic rings. The minimum atomic E-state index is -0.732. The number of rotatable bonds is 3. The highest BCUT2D eigenvalue weighted by atomic mass is 16.5. The lowest BCUT2D eigenvalue weighted by Crippen LogP contribution is -2.39. The Kier molecular flexibility index (Phi) is 3.82. The van der Waals surface area contributed by atoms with E-state index < -0.39 is 17.9 Å². The van der Waals surface area contributed by atoms with Crippen LogP contribution in [0.1, 0.15) is 17.3 Å². The van der Waals surface area contributed by atoms with Crippen LogP contribution in [0.5, 0.6) is 0 Å². The molecule has 2 N–H and O–H groups in total. The minimum absolute atomic E-state index is 0.273. The first-order valence-electron chi connectivity index (χ1n) is 4.62. The number of carbonyl (C=O) groups excluding carboxylic acids is 2. The monoisotopic (exact) mass is 224 g/mol. The van der Waals surface area contributed by atoms with Crippen LogP contribution in [0.4, 0.5) is 0 Å². The van der Waals surface area contributed by atoms with E-state index in [1.54, 1.807) is 0 Å². The van der Waals surface area contributed by atoms with Crippen LogP contribution in [0.3, 0.4) is 0 Å². The van der Waals surface area contributed by atoms with E-state index in [1.165, 1.54) is 32.4 Å². The molecule has 1 heterocycles. The lowest BCUT2D eigenvalue weighted by Gasteiger charge is -2.10. The summed E-state index contributed by atoms with van der Waals surface area (Å²) in [5.41, 5.74) is -0.0204. The van der Waals surface area contributed by atoms with Crippen molar-refractivity contribution in [2.75, 3.05) is 7.11 Å². The van der Waals surface area contributed by atoms with E-state index in [1.807, 2.05) is 0 Å². The van der Waals surface area contributed by atoms with E-state index in [-0.39, 0.29) is 11.1 Å². The molecule has 0 aromatic carbocycles. The van der Waals surface area contributed by atoms with E-state index in [0.717, 1.165) is 0 Å². The van der Waals surface area contributed by atoms with Crippen LogP contribution in [0, 0.1) is 0 Å².